The Kier molecular flexibility index (Phi) is 0.222. The van der Waals surface area contributed by atoms with Gasteiger partial charge in [0.25, 0.3) is 0 Å². The van der Waals surface area contributed by atoms with Crippen molar-refractivity contribution in [2.75, 3.05) is 5.73 Å². The van der Waals surface area contributed by atoms with E-state index in [1.165, 1.54) is 0 Å². The van der Waals surface area contributed by atoms with Gasteiger partial charge in [0.2, 0.25) is 0 Å². The molecule has 10 aliphatic heterocycles. The molecular weight excluding hydrogens is 262 g/mol. The van der Waals surface area contributed by atoms with Crippen molar-refractivity contribution in [3.05, 3.63) is 30.3 Å². The van der Waals surface area contributed by atoms with Crippen molar-refractivity contribution in [1.82, 2.24) is 0 Å². The van der Waals surface area contributed by atoms with Gasteiger partial charge in [-0.15, -0.1) is 0 Å². The van der Waals surface area contributed by atoms with Crippen LogP contribution in [0.1, 0.15) is 0 Å². The van der Waals surface area contributed by atoms with Crippen LogP contribution in [0.4, 0.5) is 5.69 Å². The molecule has 0 saturated carbocycles. The fourth-order valence-corrected chi connectivity index (χ4v) is 88.4. The Hall–Kier alpha value is -0.461. The molecule has 1 spiro atoms. The number of nitrogens with two attached hydrogens (primary N) is 1. The van der Waals surface area contributed by atoms with Crippen LogP contribution in [0.15, 0.2) is 30.3 Å². The van der Waals surface area contributed by atoms with Gasteiger partial charge in [-0.1, -0.05) is 18.2 Å². The fourth-order valence-electron chi connectivity index (χ4n) is 16.3. The minimum absolute atomic E-state index is 0.822. The summed E-state index contributed by atoms with van der Waals surface area (Å²) in [5.74, 6) is 0. The van der Waals surface area contributed by atoms with E-state index in [2.05, 4.69) is 0 Å². The van der Waals surface area contributed by atoms with Crippen molar-refractivity contribution in [3.8, 4) is 0 Å². The third-order valence-electron chi connectivity index (χ3n) is 15.3. The van der Waals surface area contributed by atoms with Gasteiger partial charge in [-0.25, -0.2) is 0 Å². The van der Waals surface area contributed by atoms with Gasteiger partial charge in [0.15, 0.2) is 0 Å². The molecule has 10 aliphatic rings. The number of para-hydroxylation sites is 1. The zero-order valence-corrected chi connectivity index (χ0v) is 11.2. The first-order valence-corrected chi connectivity index (χ1v) is 13.9. The molecule has 0 amide bonds. The summed E-state index contributed by atoms with van der Waals surface area (Å²) in [5.41, 5.74) is 6.18. The van der Waals surface area contributed by atoms with Crippen molar-refractivity contribution in [3.63, 3.8) is 0 Å². The summed E-state index contributed by atoms with van der Waals surface area (Å²) in [7, 11) is 0. The monoisotopic (exact) mass is 279 g/mol. The third-order valence-corrected chi connectivity index (χ3v) is 57.3. The van der Waals surface area contributed by atoms with Crippen LogP contribution >= 0.6 is 0 Å². The summed E-state index contributed by atoms with van der Waals surface area (Å²) < 4.78 is 0. The predicted molar refractivity (Wildman–Crippen MR) is 68.4 cm³/mol. The quantitative estimate of drug-likeness (QED) is 0.543. The molecule has 0 unspecified atom stereocenters. The maximum atomic E-state index is 5.36. The standard InChI is InChI=1S/C6H7N.2C5H5.Fe/c7-6-4-2-1-3-5-6;2*1-2-4-5-3-1;/h1-5H,7H2;2*1-5H;. The summed E-state index contributed by atoms with van der Waals surface area (Å²) in [6.07, 6.45) is 0. The van der Waals surface area contributed by atoms with Crippen molar-refractivity contribution in [2.24, 2.45) is 0 Å². The van der Waals surface area contributed by atoms with Crippen LogP contribution < -0.4 is 5.73 Å². The molecule has 0 aliphatic carbocycles. The van der Waals surface area contributed by atoms with Gasteiger partial charge >= 0.3 is 54.7 Å². The topological polar surface area (TPSA) is 26.0 Å². The van der Waals surface area contributed by atoms with Gasteiger partial charge in [-0.05, 0) is 12.1 Å². The summed E-state index contributed by atoms with van der Waals surface area (Å²) in [5, 5.41) is 0. The maximum absolute atomic E-state index is 5.36. The molecule has 0 radical (unpaired) electrons. The van der Waals surface area contributed by atoms with E-state index in [9.17, 15) is 0 Å². The average Bonchev–Trinajstić information content (AvgIpc) is 3.33. The van der Waals surface area contributed by atoms with E-state index in [1.54, 1.807) is 48.2 Å². The average molecular weight is 279 g/mol. The number of fused-ring (bicyclic) bond motifs is 10. The molecule has 11 rings (SSSR count). The fraction of sp³-hybridized carbons (Fsp3) is 0.625. The van der Waals surface area contributed by atoms with Crippen LogP contribution in [-0.4, -0.2) is 0 Å². The van der Waals surface area contributed by atoms with Gasteiger partial charge in [-0.2, -0.15) is 0 Å². The summed E-state index contributed by atoms with van der Waals surface area (Å²) in [4.78, 5) is 15.9. The van der Waals surface area contributed by atoms with Gasteiger partial charge in [0, 0.05) is 5.69 Å². The Balaban J connectivity index is 0.0000000857. The van der Waals surface area contributed by atoms with Crippen molar-refractivity contribution in [2.45, 2.75) is 48.2 Å². The molecule has 1 nitrogen and oxygen atoms in total. The van der Waals surface area contributed by atoms with E-state index in [0.29, 0.717) is 0 Å². The molecule has 10 fully saturated rings. The molecule has 0 bridgehead atoms. The van der Waals surface area contributed by atoms with Crippen molar-refractivity contribution >= 4 is 5.69 Å². The van der Waals surface area contributed by atoms with Crippen LogP contribution in [0.5, 0.6) is 0 Å². The van der Waals surface area contributed by atoms with Crippen molar-refractivity contribution < 1.29 is 6.51 Å². The van der Waals surface area contributed by atoms with Gasteiger partial charge < -0.3 is 5.73 Å². The first kappa shape index (κ1) is 6.81. The zero-order chi connectivity index (χ0) is 11.2. The molecule has 10 saturated heterocycles. The Bertz CT molecular complexity index is 844. The number of rotatable bonds is 0. The molecule has 0 atom stereocenters. The Morgan fingerprint density at radius 1 is 0.611 bits per heavy atom. The SMILES string of the molecule is Nc1ccccc1.[CH]12[CH]3[CH]4[CH]5[CH]1[Fe]23451678[CH]2[CH]1[CH]6[CH]7[CH]28. The van der Waals surface area contributed by atoms with Crippen LogP contribution in [0.25, 0.3) is 0 Å². The second-order valence-corrected chi connectivity index (χ2v) is 34.9. The molecule has 2 N–H and O–H groups in total. The van der Waals surface area contributed by atoms with Gasteiger partial charge in [-0.3, -0.25) is 0 Å². The second kappa shape index (κ2) is 0.586. The normalized spacial score (nSPS) is 108. The summed E-state index contributed by atoms with van der Waals surface area (Å²) in [6, 6.07) is 9.49. The number of nitrogen functional groups attached to an aromatic ring is 1. The minimum atomic E-state index is -2.28. The molecule has 1 aromatic carbocycles. The van der Waals surface area contributed by atoms with E-state index in [1.807, 2.05) is 30.3 Å². The molecule has 0 aromatic heterocycles. The number of hydrogen-bond donors (Lipinski definition) is 1. The Morgan fingerprint density at radius 2 is 0.944 bits per heavy atom. The Morgan fingerprint density at radius 3 is 1.06 bits per heavy atom. The van der Waals surface area contributed by atoms with E-state index in [4.69, 9.17) is 5.73 Å². The Labute approximate surface area is 96.4 Å². The van der Waals surface area contributed by atoms with Gasteiger partial charge in [0.05, 0.1) is 0 Å². The third kappa shape index (κ3) is 0.0763. The molecule has 1 aromatic rings. The molecular formula is C16H17FeN. The molecule has 10 heterocycles. The van der Waals surface area contributed by atoms with E-state index in [-0.39, 0.29) is 0 Å². The summed E-state index contributed by atoms with van der Waals surface area (Å²) in [6.45, 7) is -2.28. The molecule has 18 heavy (non-hydrogen) atoms. The predicted octanol–water partition coefficient (Wildman–Crippen LogP) is 4.64. The molecule has 94 valence electrons. The van der Waals surface area contributed by atoms with Gasteiger partial charge in [0.1, 0.15) is 0 Å². The number of benzene rings is 1. The first-order chi connectivity index (χ1) is 8.55. The van der Waals surface area contributed by atoms with Crippen LogP contribution in [0.2, 0.25) is 48.2 Å². The second-order valence-electron chi connectivity index (χ2n) is 11.0. The van der Waals surface area contributed by atoms with Crippen LogP contribution in [0, 0.1) is 0 Å². The van der Waals surface area contributed by atoms with Crippen molar-refractivity contribution in [1.29, 1.82) is 0 Å². The van der Waals surface area contributed by atoms with E-state index >= 15 is 0 Å². The number of hydrogen-bond acceptors (Lipinski definition) is 1. The first-order valence-electron chi connectivity index (χ1n) is 7.57. The van der Waals surface area contributed by atoms with E-state index < -0.39 is 6.51 Å². The molecule has 2 heteroatoms. The van der Waals surface area contributed by atoms with Crippen LogP contribution in [-0.2, 0) is 6.51 Å². The van der Waals surface area contributed by atoms with E-state index in [0.717, 1.165) is 5.69 Å². The summed E-state index contributed by atoms with van der Waals surface area (Å²) >= 11 is 0. The van der Waals surface area contributed by atoms with Crippen LogP contribution in [0.3, 0.4) is 0 Å². The number of anilines is 1. The zero-order valence-electron chi connectivity index (χ0n) is 10.1.